The van der Waals surface area contributed by atoms with Crippen LogP contribution in [0.2, 0.25) is 10.0 Å². The van der Waals surface area contributed by atoms with Gasteiger partial charge in [0, 0.05) is 6.20 Å². The lowest BCUT2D eigenvalue weighted by Gasteiger charge is -2.11. The Kier molecular flexibility index (Phi) is 3.20. The molecule has 0 atom stereocenters. The summed E-state index contributed by atoms with van der Waals surface area (Å²) < 4.78 is 1.49. The van der Waals surface area contributed by atoms with E-state index in [0.717, 1.165) is 0 Å². The van der Waals surface area contributed by atoms with Crippen LogP contribution < -0.4 is 5.56 Å². The molecule has 0 unspecified atom stereocenters. The fourth-order valence-electron chi connectivity index (χ4n) is 2.05. The molecule has 1 aromatic carbocycles. The normalized spacial score (nSPS) is 10.9. The molecule has 3 rings (SSSR count). The maximum Gasteiger partial charge on any atom is 0.267 e. The molecular formula is C14H9Cl2N3O. The molecule has 0 radical (unpaired) electrons. The van der Waals surface area contributed by atoms with Gasteiger partial charge in [0.1, 0.15) is 5.82 Å². The number of rotatable bonds is 1. The lowest BCUT2D eigenvalue weighted by Crippen LogP contribution is -2.22. The number of pyridine rings is 1. The van der Waals surface area contributed by atoms with Crippen LogP contribution in [0.25, 0.3) is 16.7 Å². The predicted molar refractivity (Wildman–Crippen MR) is 79.9 cm³/mol. The number of aryl methyl sites for hydroxylation is 1. The third-order valence-electron chi connectivity index (χ3n) is 2.97. The highest BCUT2D eigenvalue weighted by molar-refractivity contribution is 6.42. The van der Waals surface area contributed by atoms with E-state index < -0.39 is 0 Å². The Hall–Kier alpha value is -1.91. The average molecular weight is 306 g/mol. The van der Waals surface area contributed by atoms with Crippen molar-refractivity contribution < 1.29 is 0 Å². The molecule has 0 fully saturated rings. The summed E-state index contributed by atoms with van der Waals surface area (Å²) in [4.78, 5) is 21.0. The summed E-state index contributed by atoms with van der Waals surface area (Å²) in [6, 6.07) is 8.43. The Balaban J connectivity index is 2.36. The summed E-state index contributed by atoms with van der Waals surface area (Å²) in [6.45, 7) is 1.75. The molecule has 2 heterocycles. The van der Waals surface area contributed by atoms with Gasteiger partial charge in [0.25, 0.3) is 5.56 Å². The first-order valence-electron chi connectivity index (χ1n) is 5.88. The minimum Gasteiger partial charge on any atom is -0.268 e. The molecule has 6 heteroatoms. The predicted octanol–water partition coefficient (Wildman–Crippen LogP) is 3.40. The van der Waals surface area contributed by atoms with Gasteiger partial charge in [0.15, 0.2) is 5.65 Å². The van der Waals surface area contributed by atoms with Crippen LogP contribution in [0, 0.1) is 6.92 Å². The van der Waals surface area contributed by atoms with Crippen LogP contribution in [0.4, 0.5) is 0 Å². The summed E-state index contributed by atoms with van der Waals surface area (Å²) in [6.07, 6.45) is 1.61. The Morgan fingerprint density at radius 2 is 1.95 bits per heavy atom. The molecule has 2 aromatic heterocycles. The first kappa shape index (κ1) is 13.1. The first-order valence-corrected chi connectivity index (χ1v) is 6.63. The Morgan fingerprint density at radius 3 is 2.70 bits per heavy atom. The number of hydrogen-bond acceptors (Lipinski definition) is 3. The monoisotopic (exact) mass is 305 g/mol. The summed E-state index contributed by atoms with van der Waals surface area (Å²) >= 11 is 11.9. The van der Waals surface area contributed by atoms with Gasteiger partial charge >= 0.3 is 0 Å². The van der Waals surface area contributed by atoms with Crippen molar-refractivity contribution in [3.05, 3.63) is 62.8 Å². The Morgan fingerprint density at radius 1 is 1.15 bits per heavy atom. The standard InChI is InChI=1S/C14H9Cl2N3O/c1-8-18-13-10(3-2-6-17-13)14(20)19(8)9-4-5-11(15)12(16)7-9/h2-7H,1H3. The van der Waals surface area contributed by atoms with Crippen LogP contribution >= 0.6 is 23.2 Å². The van der Waals surface area contributed by atoms with Gasteiger partial charge in [-0.1, -0.05) is 23.2 Å². The Labute approximate surface area is 124 Å². The highest BCUT2D eigenvalue weighted by Gasteiger charge is 2.11. The molecule has 20 heavy (non-hydrogen) atoms. The van der Waals surface area contributed by atoms with Gasteiger partial charge in [0.2, 0.25) is 0 Å². The van der Waals surface area contributed by atoms with E-state index in [2.05, 4.69) is 9.97 Å². The maximum atomic E-state index is 12.6. The first-order chi connectivity index (χ1) is 9.58. The molecular weight excluding hydrogens is 297 g/mol. The third kappa shape index (κ3) is 2.07. The van der Waals surface area contributed by atoms with Gasteiger partial charge in [-0.25, -0.2) is 9.97 Å². The number of fused-ring (bicyclic) bond motifs is 1. The molecule has 0 aliphatic rings. The molecule has 3 aromatic rings. The SMILES string of the molecule is Cc1nc2ncccc2c(=O)n1-c1ccc(Cl)c(Cl)c1. The van der Waals surface area contributed by atoms with E-state index in [9.17, 15) is 4.79 Å². The van der Waals surface area contributed by atoms with Gasteiger partial charge in [-0.05, 0) is 37.3 Å². The van der Waals surface area contributed by atoms with E-state index in [-0.39, 0.29) is 5.56 Å². The molecule has 0 N–H and O–H groups in total. The van der Waals surface area contributed by atoms with Gasteiger partial charge in [-0.3, -0.25) is 9.36 Å². The fourth-order valence-corrected chi connectivity index (χ4v) is 2.34. The molecule has 0 amide bonds. The van der Waals surface area contributed by atoms with Crippen molar-refractivity contribution in [2.45, 2.75) is 6.92 Å². The van der Waals surface area contributed by atoms with Crippen LogP contribution in [0.15, 0.2) is 41.3 Å². The second kappa shape index (κ2) is 4.89. The number of hydrogen-bond donors (Lipinski definition) is 0. The van der Waals surface area contributed by atoms with Crippen LogP contribution in [-0.4, -0.2) is 14.5 Å². The summed E-state index contributed by atoms with van der Waals surface area (Å²) in [7, 11) is 0. The highest BCUT2D eigenvalue weighted by Crippen LogP contribution is 2.24. The molecule has 0 bridgehead atoms. The minimum absolute atomic E-state index is 0.181. The van der Waals surface area contributed by atoms with Gasteiger partial charge in [0.05, 0.1) is 21.1 Å². The van der Waals surface area contributed by atoms with E-state index in [0.29, 0.717) is 32.6 Å². The molecule has 0 aliphatic heterocycles. The molecule has 0 spiro atoms. The molecule has 0 saturated heterocycles. The third-order valence-corrected chi connectivity index (χ3v) is 3.71. The second-order valence-electron chi connectivity index (χ2n) is 4.27. The van der Waals surface area contributed by atoms with E-state index in [4.69, 9.17) is 23.2 Å². The number of benzene rings is 1. The topological polar surface area (TPSA) is 47.8 Å². The molecule has 0 saturated carbocycles. The highest BCUT2D eigenvalue weighted by atomic mass is 35.5. The zero-order valence-corrected chi connectivity index (χ0v) is 12.0. The molecule has 4 nitrogen and oxygen atoms in total. The zero-order valence-electron chi connectivity index (χ0n) is 10.5. The van der Waals surface area contributed by atoms with E-state index in [1.807, 2.05) is 0 Å². The largest absolute Gasteiger partial charge is 0.268 e. The number of nitrogens with zero attached hydrogens (tertiary/aromatic N) is 3. The van der Waals surface area contributed by atoms with Gasteiger partial charge in [-0.15, -0.1) is 0 Å². The van der Waals surface area contributed by atoms with E-state index in [1.165, 1.54) is 4.57 Å². The Bertz CT molecular complexity index is 874. The summed E-state index contributed by atoms with van der Waals surface area (Å²) in [5.74, 6) is 0.541. The van der Waals surface area contributed by atoms with Crippen molar-refractivity contribution in [3.63, 3.8) is 0 Å². The second-order valence-corrected chi connectivity index (χ2v) is 5.09. The minimum atomic E-state index is -0.181. The van der Waals surface area contributed by atoms with Crippen LogP contribution in [0.1, 0.15) is 5.82 Å². The van der Waals surface area contributed by atoms with Crippen molar-refractivity contribution in [1.29, 1.82) is 0 Å². The van der Waals surface area contributed by atoms with E-state index in [1.54, 1.807) is 43.5 Å². The van der Waals surface area contributed by atoms with Crippen molar-refractivity contribution in [3.8, 4) is 5.69 Å². The lowest BCUT2D eigenvalue weighted by atomic mass is 10.2. The van der Waals surface area contributed by atoms with Crippen molar-refractivity contribution in [2.24, 2.45) is 0 Å². The van der Waals surface area contributed by atoms with E-state index >= 15 is 0 Å². The van der Waals surface area contributed by atoms with Gasteiger partial charge < -0.3 is 0 Å². The van der Waals surface area contributed by atoms with Crippen molar-refractivity contribution in [1.82, 2.24) is 14.5 Å². The van der Waals surface area contributed by atoms with Gasteiger partial charge in [-0.2, -0.15) is 0 Å². The summed E-state index contributed by atoms with van der Waals surface area (Å²) in [5.41, 5.74) is 0.880. The zero-order chi connectivity index (χ0) is 14.3. The average Bonchev–Trinajstić information content (AvgIpc) is 2.43. The fraction of sp³-hybridized carbons (Fsp3) is 0.0714. The number of aromatic nitrogens is 3. The van der Waals surface area contributed by atoms with Crippen LogP contribution in [0.3, 0.4) is 0 Å². The van der Waals surface area contributed by atoms with Crippen molar-refractivity contribution >= 4 is 34.2 Å². The summed E-state index contributed by atoms with van der Waals surface area (Å²) in [5, 5.41) is 1.29. The number of halogens is 2. The quantitative estimate of drug-likeness (QED) is 0.692. The molecule has 100 valence electrons. The smallest absolute Gasteiger partial charge is 0.267 e. The molecule has 0 aliphatic carbocycles. The van der Waals surface area contributed by atoms with Crippen LogP contribution in [0.5, 0.6) is 0 Å². The maximum absolute atomic E-state index is 12.6. The van der Waals surface area contributed by atoms with Crippen LogP contribution in [-0.2, 0) is 0 Å². The van der Waals surface area contributed by atoms with Crippen molar-refractivity contribution in [2.75, 3.05) is 0 Å². The lowest BCUT2D eigenvalue weighted by molar-refractivity contribution is 0.889.